The number of carbonyl (C=O) groups excluding carboxylic acids is 1. The number of nitrogens with two attached hydrogens (primary N) is 1. The Morgan fingerprint density at radius 1 is 1.41 bits per heavy atom. The summed E-state index contributed by atoms with van der Waals surface area (Å²) < 4.78 is 5.45. The topological polar surface area (TPSA) is 55.6 Å². The maximum atomic E-state index is 12.2. The monoisotopic (exact) mass is 242 g/mol. The number of likely N-dealkylation sites (N-methyl/N-ethyl adjacent to an activating group) is 1. The van der Waals surface area contributed by atoms with Crippen LogP contribution in [-0.4, -0.2) is 43.2 Å². The zero-order valence-corrected chi connectivity index (χ0v) is 11.3. The summed E-state index contributed by atoms with van der Waals surface area (Å²) in [6.07, 6.45) is 4.42. The van der Waals surface area contributed by atoms with Gasteiger partial charge in [0.25, 0.3) is 0 Å². The summed E-state index contributed by atoms with van der Waals surface area (Å²) in [4.78, 5) is 13.9. The largest absolute Gasteiger partial charge is 0.377 e. The fourth-order valence-electron chi connectivity index (χ4n) is 2.28. The average Bonchev–Trinajstić information content (AvgIpc) is 2.28. The van der Waals surface area contributed by atoms with Gasteiger partial charge >= 0.3 is 0 Å². The SMILES string of the molecule is CC(C)OCCN(C)C(=O)C1CCCCC1N. The molecule has 4 nitrogen and oxygen atoms in total. The molecule has 0 heterocycles. The summed E-state index contributed by atoms with van der Waals surface area (Å²) >= 11 is 0. The van der Waals surface area contributed by atoms with Gasteiger partial charge in [0.1, 0.15) is 0 Å². The van der Waals surface area contributed by atoms with Crippen LogP contribution in [0.4, 0.5) is 0 Å². The van der Waals surface area contributed by atoms with E-state index in [1.54, 1.807) is 4.90 Å². The molecule has 2 atom stereocenters. The van der Waals surface area contributed by atoms with E-state index in [9.17, 15) is 4.79 Å². The van der Waals surface area contributed by atoms with Gasteiger partial charge < -0.3 is 15.4 Å². The highest BCUT2D eigenvalue weighted by molar-refractivity contribution is 5.79. The van der Waals surface area contributed by atoms with Gasteiger partial charge in [0, 0.05) is 19.6 Å². The van der Waals surface area contributed by atoms with Gasteiger partial charge in [0.15, 0.2) is 0 Å². The van der Waals surface area contributed by atoms with E-state index in [0.717, 1.165) is 25.7 Å². The van der Waals surface area contributed by atoms with Gasteiger partial charge in [-0.1, -0.05) is 12.8 Å². The molecule has 0 bridgehead atoms. The Bertz CT molecular complexity index is 244. The van der Waals surface area contributed by atoms with E-state index < -0.39 is 0 Å². The third-order valence-corrected chi connectivity index (χ3v) is 3.39. The summed E-state index contributed by atoms with van der Waals surface area (Å²) in [6, 6.07) is 0.0460. The molecule has 0 spiro atoms. The van der Waals surface area contributed by atoms with Crippen molar-refractivity contribution in [2.24, 2.45) is 11.7 Å². The zero-order valence-electron chi connectivity index (χ0n) is 11.3. The molecule has 1 fully saturated rings. The molecule has 17 heavy (non-hydrogen) atoms. The first-order valence-electron chi connectivity index (χ1n) is 6.64. The maximum absolute atomic E-state index is 12.2. The number of hydrogen-bond acceptors (Lipinski definition) is 3. The molecule has 0 aromatic heterocycles. The predicted octanol–water partition coefficient (Wildman–Crippen LogP) is 1.39. The Kier molecular flexibility index (Phi) is 5.92. The number of carbonyl (C=O) groups is 1. The quantitative estimate of drug-likeness (QED) is 0.792. The number of ether oxygens (including phenoxy) is 1. The standard InChI is InChI=1S/C13H26N2O2/c1-10(2)17-9-8-15(3)13(16)11-6-4-5-7-12(11)14/h10-12H,4-9,14H2,1-3H3. The van der Waals surface area contributed by atoms with Gasteiger partial charge in [0.05, 0.1) is 18.6 Å². The smallest absolute Gasteiger partial charge is 0.227 e. The predicted molar refractivity (Wildman–Crippen MR) is 68.7 cm³/mol. The lowest BCUT2D eigenvalue weighted by Gasteiger charge is -2.31. The maximum Gasteiger partial charge on any atom is 0.227 e. The first-order valence-corrected chi connectivity index (χ1v) is 6.64. The molecule has 1 saturated carbocycles. The molecule has 100 valence electrons. The van der Waals surface area contributed by atoms with Crippen LogP contribution in [0, 0.1) is 5.92 Å². The summed E-state index contributed by atoms with van der Waals surface area (Å²) in [7, 11) is 1.84. The van der Waals surface area contributed by atoms with Crippen LogP contribution >= 0.6 is 0 Å². The van der Waals surface area contributed by atoms with Crippen LogP contribution in [0.2, 0.25) is 0 Å². The second-order valence-corrected chi connectivity index (χ2v) is 5.23. The molecule has 1 rings (SSSR count). The third kappa shape index (κ3) is 4.64. The second kappa shape index (κ2) is 6.97. The molecule has 4 heteroatoms. The van der Waals surface area contributed by atoms with Crippen LogP contribution in [0.15, 0.2) is 0 Å². The Morgan fingerprint density at radius 3 is 2.65 bits per heavy atom. The molecule has 1 aliphatic carbocycles. The third-order valence-electron chi connectivity index (χ3n) is 3.39. The van der Waals surface area contributed by atoms with Gasteiger partial charge in [-0.05, 0) is 26.7 Å². The molecule has 0 aromatic rings. The van der Waals surface area contributed by atoms with E-state index >= 15 is 0 Å². The molecule has 2 unspecified atom stereocenters. The minimum atomic E-state index is 0.0211. The Hall–Kier alpha value is -0.610. The van der Waals surface area contributed by atoms with Gasteiger partial charge in [-0.15, -0.1) is 0 Å². The van der Waals surface area contributed by atoms with Crippen LogP contribution < -0.4 is 5.73 Å². The highest BCUT2D eigenvalue weighted by atomic mass is 16.5. The molecule has 0 saturated heterocycles. The van der Waals surface area contributed by atoms with Crippen molar-refractivity contribution in [3.05, 3.63) is 0 Å². The fraction of sp³-hybridized carbons (Fsp3) is 0.923. The first-order chi connectivity index (χ1) is 8.02. The molecular weight excluding hydrogens is 216 g/mol. The Labute approximate surface area is 104 Å². The number of amides is 1. The van der Waals surface area contributed by atoms with Gasteiger partial charge in [-0.2, -0.15) is 0 Å². The van der Waals surface area contributed by atoms with Crippen LogP contribution in [0.25, 0.3) is 0 Å². The molecular formula is C13H26N2O2. The Morgan fingerprint density at radius 2 is 2.06 bits per heavy atom. The summed E-state index contributed by atoms with van der Waals surface area (Å²) in [6.45, 7) is 5.25. The van der Waals surface area contributed by atoms with Gasteiger partial charge in [-0.25, -0.2) is 0 Å². The number of rotatable bonds is 5. The lowest BCUT2D eigenvalue weighted by atomic mass is 9.84. The normalized spacial score (nSPS) is 25.0. The van der Waals surface area contributed by atoms with Crippen molar-refractivity contribution in [3.8, 4) is 0 Å². The van der Waals surface area contributed by atoms with Crippen LogP contribution in [-0.2, 0) is 9.53 Å². The molecule has 0 radical (unpaired) electrons. The van der Waals surface area contributed by atoms with Crippen molar-refractivity contribution >= 4 is 5.91 Å². The highest BCUT2D eigenvalue weighted by Crippen LogP contribution is 2.24. The van der Waals surface area contributed by atoms with Crippen LogP contribution in [0.1, 0.15) is 39.5 Å². The fourth-order valence-corrected chi connectivity index (χ4v) is 2.28. The average molecular weight is 242 g/mol. The first kappa shape index (κ1) is 14.5. The van der Waals surface area contributed by atoms with E-state index in [0.29, 0.717) is 13.2 Å². The van der Waals surface area contributed by atoms with E-state index in [2.05, 4.69) is 0 Å². The summed E-state index contributed by atoms with van der Waals surface area (Å²) in [5, 5.41) is 0. The molecule has 1 amide bonds. The van der Waals surface area contributed by atoms with Gasteiger partial charge in [-0.3, -0.25) is 4.79 Å². The molecule has 0 aliphatic heterocycles. The van der Waals surface area contributed by atoms with Crippen molar-refractivity contribution < 1.29 is 9.53 Å². The number of nitrogens with zero attached hydrogens (tertiary/aromatic N) is 1. The van der Waals surface area contributed by atoms with Crippen molar-refractivity contribution in [2.45, 2.75) is 51.7 Å². The zero-order chi connectivity index (χ0) is 12.8. The Balaban J connectivity index is 2.34. The van der Waals surface area contributed by atoms with E-state index in [4.69, 9.17) is 10.5 Å². The van der Waals surface area contributed by atoms with Crippen molar-refractivity contribution in [1.82, 2.24) is 4.90 Å². The van der Waals surface area contributed by atoms with Crippen LogP contribution in [0.5, 0.6) is 0 Å². The summed E-state index contributed by atoms with van der Waals surface area (Å²) in [5.41, 5.74) is 6.02. The van der Waals surface area contributed by atoms with E-state index in [-0.39, 0.29) is 24.0 Å². The molecule has 0 aromatic carbocycles. The lowest BCUT2D eigenvalue weighted by molar-refractivity contribution is -0.136. The minimum absolute atomic E-state index is 0.0211. The van der Waals surface area contributed by atoms with Gasteiger partial charge in [0.2, 0.25) is 5.91 Å². The van der Waals surface area contributed by atoms with Crippen LogP contribution in [0.3, 0.4) is 0 Å². The van der Waals surface area contributed by atoms with Crippen molar-refractivity contribution in [2.75, 3.05) is 20.2 Å². The number of hydrogen-bond donors (Lipinski definition) is 1. The molecule has 1 aliphatic rings. The van der Waals surface area contributed by atoms with Crippen molar-refractivity contribution in [3.63, 3.8) is 0 Å². The second-order valence-electron chi connectivity index (χ2n) is 5.23. The lowest BCUT2D eigenvalue weighted by Crippen LogP contribution is -2.45. The van der Waals surface area contributed by atoms with Crippen molar-refractivity contribution in [1.29, 1.82) is 0 Å². The highest BCUT2D eigenvalue weighted by Gasteiger charge is 2.30. The molecule has 2 N–H and O–H groups in total. The van der Waals surface area contributed by atoms with E-state index in [1.807, 2.05) is 20.9 Å². The van der Waals surface area contributed by atoms with E-state index in [1.165, 1.54) is 0 Å². The summed E-state index contributed by atoms with van der Waals surface area (Å²) in [5.74, 6) is 0.206. The minimum Gasteiger partial charge on any atom is -0.377 e.